The maximum Gasteiger partial charge on any atom is 0.315 e. The van der Waals surface area contributed by atoms with Gasteiger partial charge in [0, 0.05) is 30.9 Å². The second-order valence-corrected chi connectivity index (χ2v) is 5.39. The fraction of sp³-hybridized carbons (Fsp3) is 0.500. The Kier molecular flexibility index (Phi) is 5.49. The van der Waals surface area contributed by atoms with Gasteiger partial charge in [-0.05, 0) is 44.4 Å². The molecule has 1 heterocycles. The molecule has 0 aliphatic rings. The van der Waals surface area contributed by atoms with E-state index < -0.39 is 11.5 Å². The molecule has 0 saturated carbocycles. The van der Waals surface area contributed by atoms with Gasteiger partial charge >= 0.3 is 12.0 Å². The highest BCUT2D eigenvalue weighted by molar-refractivity contribution is 5.75. The molecular formula is C14H21N3O3. The molecule has 0 radical (unpaired) electrons. The third kappa shape index (κ3) is 5.69. The third-order valence-corrected chi connectivity index (χ3v) is 2.99. The van der Waals surface area contributed by atoms with Gasteiger partial charge in [0.2, 0.25) is 0 Å². The quantitative estimate of drug-likeness (QED) is 0.741. The average molecular weight is 279 g/mol. The van der Waals surface area contributed by atoms with Gasteiger partial charge < -0.3 is 15.7 Å². The Morgan fingerprint density at radius 2 is 2.10 bits per heavy atom. The molecule has 6 nitrogen and oxygen atoms in total. The molecule has 0 aromatic carbocycles. The summed E-state index contributed by atoms with van der Waals surface area (Å²) in [5, 5.41) is 14.2. The molecule has 1 aromatic rings. The van der Waals surface area contributed by atoms with E-state index in [4.69, 9.17) is 5.11 Å². The Morgan fingerprint density at radius 3 is 2.70 bits per heavy atom. The van der Waals surface area contributed by atoms with Crippen LogP contribution in [0.25, 0.3) is 0 Å². The van der Waals surface area contributed by atoms with Crippen molar-refractivity contribution in [2.24, 2.45) is 0 Å². The van der Waals surface area contributed by atoms with Crippen molar-refractivity contribution in [3.05, 3.63) is 29.6 Å². The summed E-state index contributed by atoms with van der Waals surface area (Å²) in [5.41, 5.74) is 1.45. The zero-order valence-corrected chi connectivity index (χ0v) is 12.1. The summed E-state index contributed by atoms with van der Waals surface area (Å²) in [5.74, 6) is -0.868. The molecule has 0 unspecified atom stereocenters. The van der Waals surface area contributed by atoms with Gasteiger partial charge in [0.05, 0.1) is 0 Å². The molecule has 1 aromatic heterocycles. The summed E-state index contributed by atoms with van der Waals surface area (Å²) in [6.45, 7) is 5.94. The first-order valence-corrected chi connectivity index (χ1v) is 6.47. The second-order valence-electron chi connectivity index (χ2n) is 5.39. The van der Waals surface area contributed by atoms with Gasteiger partial charge in [-0.3, -0.25) is 9.78 Å². The molecule has 0 aliphatic heterocycles. The zero-order chi connectivity index (χ0) is 15.2. The van der Waals surface area contributed by atoms with Crippen molar-refractivity contribution >= 4 is 12.0 Å². The molecular weight excluding hydrogens is 258 g/mol. The van der Waals surface area contributed by atoms with E-state index in [0.717, 1.165) is 11.1 Å². The second kappa shape index (κ2) is 6.88. The Bertz CT molecular complexity index is 486. The van der Waals surface area contributed by atoms with E-state index in [1.54, 1.807) is 26.2 Å². The minimum atomic E-state index is -0.868. The Hall–Kier alpha value is -2.11. The summed E-state index contributed by atoms with van der Waals surface area (Å²) < 4.78 is 0. The maximum atomic E-state index is 11.8. The lowest BCUT2D eigenvalue weighted by Crippen LogP contribution is -2.48. The number of rotatable bonds is 6. The van der Waals surface area contributed by atoms with Crippen molar-refractivity contribution in [3.8, 4) is 0 Å². The molecule has 2 amide bonds. The predicted molar refractivity (Wildman–Crippen MR) is 75.3 cm³/mol. The number of hydrogen-bond donors (Lipinski definition) is 3. The number of urea groups is 1. The Balaban J connectivity index is 2.43. The van der Waals surface area contributed by atoms with E-state index in [-0.39, 0.29) is 12.5 Å². The van der Waals surface area contributed by atoms with E-state index >= 15 is 0 Å². The highest BCUT2D eigenvalue weighted by atomic mass is 16.4. The monoisotopic (exact) mass is 279 g/mol. The summed E-state index contributed by atoms with van der Waals surface area (Å²) in [7, 11) is 0. The van der Waals surface area contributed by atoms with E-state index in [1.807, 2.05) is 13.0 Å². The van der Waals surface area contributed by atoms with Crippen LogP contribution in [0.2, 0.25) is 0 Å². The van der Waals surface area contributed by atoms with E-state index in [9.17, 15) is 9.59 Å². The number of aromatic nitrogens is 1. The number of amides is 2. The van der Waals surface area contributed by atoms with Gasteiger partial charge in [0.25, 0.3) is 0 Å². The van der Waals surface area contributed by atoms with Crippen LogP contribution in [0.5, 0.6) is 0 Å². The molecule has 0 atom stereocenters. The maximum absolute atomic E-state index is 11.8. The minimum Gasteiger partial charge on any atom is -0.481 e. The number of carbonyl (C=O) groups excluding carboxylic acids is 1. The Morgan fingerprint density at radius 1 is 1.40 bits per heavy atom. The SMILES string of the molecule is Cc1cnccc1CNC(=O)NC(C)(C)CCC(=O)O. The average Bonchev–Trinajstić information content (AvgIpc) is 2.35. The van der Waals surface area contributed by atoms with Gasteiger partial charge in [-0.25, -0.2) is 4.79 Å². The van der Waals surface area contributed by atoms with Crippen molar-refractivity contribution < 1.29 is 14.7 Å². The molecule has 0 spiro atoms. The van der Waals surface area contributed by atoms with Crippen molar-refractivity contribution in [1.29, 1.82) is 0 Å². The van der Waals surface area contributed by atoms with E-state index in [1.165, 1.54) is 0 Å². The number of aliphatic carboxylic acids is 1. The summed E-state index contributed by atoms with van der Waals surface area (Å²) in [4.78, 5) is 26.3. The normalized spacial score (nSPS) is 10.9. The number of carbonyl (C=O) groups is 2. The fourth-order valence-electron chi connectivity index (χ4n) is 1.71. The summed E-state index contributed by atoms with van der Waals surface area (Å²) in [6.07, 6.45) is 3.82. The molecule has 0 fully saturated rings. The minimum absolute atomic E-state index is 0.0245. The molecule has 0 saturated heterocycles. The van der Waals surface area contributed by atoms with Gasteiger partial charge in [0.1, 0.15) is 0 Å². The van der Waals surface area contributed by atoms with Crippen LogP contribution in [0.3, 0.4) is 0 Å². The zero-order valence-electron chi connectivity index (χ0n) is 12.1. The first kappa shape index (κ1) is 15.9. The van der Waals surface area contributed by atoms with Crippen LogP contribution in [0.1, 0.15) is 37.8 Å². The van der Waals surface area contributed by atoms with Crippen LogP contribution in [-0.2, 0) is 11.3 Å². The molecule has 1 rings (SSSR count). The van der Waals surface area contributed by atoms with Crippen molar-refractivity contribution in [1.82, 2.24) is 15.6 Å². The largest absolute Gasteiger partial charge is 0.481 e. The third-order valence-electron chi connectivity index (χ3n) is 2.99. The molecule has 0 aliphatic carbocycles. The van der Waals surface area contributed by atoms with Crippen LogP contribution >= 0.6 is 0 Å². The van der Waals surface area contributed by atoms with Gasteiger partial charge in [-0.1, -0.05) is 0 Å². The van der Waals surface area contributed by atoms with Gasteiger partial charge in [-0.15, -0.1) is 0 Å². The molecule has 3 N–H and O–H groups in total. The highest BCUT2D eigenvalue weighted by Gasteiger charge is 2.21. The van der Waals surface area contributed by atoms with Crippen LogP contribution < -0.4 is 10.6 Å². The first-order valence-electron chi connectivity index (χ1n) is 6.47. The first-order chi connectivity index (χ1) is 9.30. The fourth-order valence-corrected chi connectivity index (χ4v) is 1.71. The highest BCUT2D eigenvalue weighted by Crippen LogP contribution is 2.11. The molecule has 110 valence electrons. The molecule has 20 heavy (non-hydrogen) atoms. The predicted octanol–water partition coefficient (Wildman–Crippen LogP) is 1.83. The van der Waals surface area contributed by atoms with Crippen LogP contribution in [0, 0.1) is 6.92 Å². The smallest absolute Gasteiger partial charge is 0.315 e. The number of nitrogens with one attached hydrogen (secondary N) is 2. The van der Waals surface area contributed by atoms with Gasteiger partial charge in [-0.2, -0.15) is 0 Å². The summed E-state index contributed by atoms with van der Waals surface area (Å²) >= 11 is 0. The van der Waals surface area contributed by atoms with Crippen LogP contribution in [0.15, 0.2) is 18.5 Å². The molecule has 6 heteroatoms. The number of carboxylic acids is 1. The standard InChI is InChI=1S/C14H21N3O3/c1-10-8-15-7-5-11(10)9-16-13(20)17-14(2,3)6-4-12(18)19/h5,7-8H,4,6,9H2,1-3H3,(H,18,19)(H2,16,17,20). The lowest BCUT2D eigenvalue weighted by atomic mass is 9.99. The number of carboxylic acid groups (broad SMARTS) is 1. The van der Waals surface area contributed by atoms with Crippen molar-refractivity contribution in [2.75, 3.05) is 0 Å². The lowest BCUT2D eigenvalue weighted by molar-refractivity contribution is -0.137. The van der Waals surface area contributed by atoms with Crippen molar-refractivity contribution in [3.63, 3.8) is 0 Å². The van der Waals surface area contributed by atoms with E-state index in [2.05, 4.69) is 15.6 Å². The summed E-state index contributed by atoms with van der Waals surface area (Å²) in [6, 6.07) is 1.54. The van der Waals surface area contributed by atoms with Crippen molar-refractivity contribution in [2.45, 2.75) is 45.7 Å². The number of hydrogen-bond acceptors (Lipinski definition) is 3. The topological polar surface area (TPSA) is 91.3 Å². The number of pyridine rings is 1. The Labute approximate surface area is 118 Å². The van der Waals surface area contributed by atoms with Crippen LogP contribution in [0.4, 0.5) is 4.79 Å². The van der Waals surface area contributed by atoms with E-state index in [0.29, 0.717) is 13.0 Å². The molecule has 0 bridgehead atoms. The number of nitrogens with zero attached hydrogens (tertiary/aromatic N) is 1. The lowest BCUT2D eigenvalue weighted by Gasteiger charge is -2.25. The number of aryl methyl sites for hydroxylation is 1. The van der Waals surface area contributed by atoms with Gasteiger partial charge in [0.15, 0.2) is 0 Å². The van der Waals surface area contributed by atoms with Crippen LogP contribution in [-0.4, -0.2) is 27.6 Å².